The molecule has 0 atom stereocenters. The van der Waals surface area contributed by atoms with E-state index in [-0.39, 0.29) is 5.69 Å². The Labute approximate surface area is 150 Å². The number of ether oxygens (including phenoxy) is 1. The van der Waals surface area contributed by atoms with Crippen molar-refractivity contribution in [3.63, 3.8) is 0 Å². The fourth-order valence-corrected chi connectivity index (χ4v) is 2.58. The van der Waals surface area contributed by atoms with Gasteiger partial charge in [0.05, 0.1) is 18.8 Å². The Morgan fingerprint density at radius 1 is 1.15 bits per heavy atom. The topological polar surface area (TPSA) is 66.5 Å². The van der Waals surface area contributed by atoms with Crippen molar-refractivity contribution >= 4 is 17.4 Å². The first-order valence-electron chi connectivity index (χ1n) is 8.38. The van der Waals surface area contributed by atoms with Crippen LogP contribution in [0.25, 0.3) is 0 Å². The van der Waals surface area contributed by atoms with Crippen molar-refractivity contribution in [3.05, 3.63) is 53.7 Å². The quantitative estimate of drug-likeness (QED) is 0.826. The van der Waals surface area contributed by atoms with Gasteiger partial charge in [0.25, 0.3) is 5.91 Å². The van der Waals surface area contributed by atoms with Gasteiger partial charge in [-0.05, 0) is 24.3 Å². The number of carbonyl (C=O) groups is 1. The summed E-state index contributed by atoms with van der Waals surface area (Å²) in [5, 5.41) is 5.71. The van der Waals surface area contributed by atoms with Gasteiger partial charge < -0.3 is 15.4 Å². The summed E-state index contributed by atoms with van der Waals surface area (Å²) in [6.45, 7) is 5.02. The maximum absolute atomic E-state index is 13.2. The Balaban J connectivity index is 1.49. The van der Waals surface area contributed by atoms with Crippen LogP contribution in [0.4, 0.5) is 20.3 Å². The van der Waals surface area contributed by atoms with E-state index in [2.05, 4.69) is 20.5 Å². The summed E-state index contributed by atoms with van der Waals surface area (Å²) in [5.74, 6) is -1.75. The zero-order chi connectivity index (χ0) is 18.4. The molecule has 1 aromatic carbocycles. The summed E-state index contributed by atoms with van der Waals surface area (Å²) >= 11 is 0. The van der Waals surface area contributed by atoms with Gasteiger partial charge in [0.2, 0.25) is 0 Å². The Kier molecular flexibility index (Phi) is 6.08. The van der Waals surface area contributed by atoms with Gasteiger partial charge in [-0.15, -0.1) is 0 Å². The summed E-state index contributed by atoms with van der Waals surface area (Å²) in [6, 6.07) is 6.52. The first-order chi connectivity index (χ1) is 12.6. The molecule has 6 nitrogen and oxygen atoms in total. The highest BCUT2D eigenvalue weighted by Crippen LogP contribution is 2.14. The lowest BCUT2D eigenvalue weighted by Crippen LogP contribution is -2.39. The molecule has 2 aromatic rings. The largest absolute Gasteiger partial charge is 0.379 e. The molecule has 2 heterocycles. The molecule has 0 radical (unpaired) electrons. The van der Waals surface area contributed by atoms with E-state index in [9.17, 15) is 13.6 Å². The molecule has 0 aliphatic carbocycles. The number of rotatable bonds is 6. The van der Waals surface area contributed by atoms with E-state index in [1.165, 1.54) is 12.3 Å². The van der Waals surface area contributed by atoms with Crippen molar-refractivity contribution in [2.75, 3.05) is 50.0 Å². The molecule has 1 aliphatic heterocycles. The molecule has 26 heavy (non-hydrogen) atoms. The van der Waals surface area contributed by atoms with Crippen LogP contribution in [0.5, 0.6) is 0 Å². The SMILES string of the molecule is O=C(Nc1ccc(F)c(F)c1)c1ccc(NCCN2CCOCC2)nc1. The normalized spacial score (nSPS) is 14.8. The number of nitrogens with zero attached hydrogens (tertiary/aromatic N) is 2. The van der Waals surface area contributed by atoms with Gasteiger partial charge in [0.15, 0.2) is 11.6 Å². The molecule has 1 aromatic heterocycles. The van der Waals surface area contributed by atoms with E-state index in [1.54, 1.807) is 12.1 Å². The lowest BCUT2D eigenvalue weighted by Gasteiger charge is -2.26. The third-order valence-corrected chi connectivity index (χ3v) is 4.04. The molecule has 138 valence electrons. The molecule has 0 spiro atoms. The Hall–Kier alpha value is -2.58. The molecule has 1 saturated heterocycles. The van der Waals surface area contributed by atoms with Crippen molar-refractivity contribution in [1.29, 1.82) is 0 Å². The van der Waals surface area contributed by atoms with Crippen LogP contribution in [0.3, 0.4) is 0 Å². The molecular weight excluding hydrogens is 342 g/mol. The van der Waals surface area contributed by atoms with Crippen LogP contribution < -0.4 is 10.6 Å². The van der Waals surface area contributed by atoms with Crippen molar-refractivity contribution in [3.8, 4) is 0 Å². The number of aromatic nitrogens is 1. The van der Waals surface area contributed by atoms with Crippen LogP contribution in [0.15, 0.2) is 36.5 Å². The smallest absolute Gasteiger partial charge is 0.257 e. The highest BCUT2D eigenvalue weighted by atomic mass is 19.2. The molecule has 3 rings (SSSR count). The summed E-state index contributed by atoms with van der Waals surface area (Å²) in [5.41, 5.74) is 0.509. The molecule has 0 saturated carbocycles. The van der Waals surface area contributed by atoms with Crippen LogP contribution in [0, 0.1) is 11.6 Å². The first-order valence-corrected chi connectivity index (χ1v) is 8.38. The monoisotopic (exact) mass is 362 g/mol. The Morgan fingerprint density at radius 2 is 1.96 bits per heavy atom. The van der Waals surface area contributed by atoms with E-state index in [0.717, 1.165) is 51.5 Å². The number of anilines is 2. The molecule has 0 bridgehead atoms. The minimum atomic E-state index is -1.01. The number of benzene rings is 1. The average Bonchev–Trinajstić information content (AvgIpc) is 2.66. The number of pyridine rings is 1. The van der Waals surface area contributed by atoms with E-state index >= 15 is 0 Å². The van der Waals surface area contributed by atoms with E-state index < -0.39 is 17.5 Å². The predicted molar refractivity (Wildman–Crippen MR) is 94.3 cm³/mol. The minimum absolute atomic E-state index is 0.182. The van der Waals surface area contributed by atoms with Crippen LogP contribution in [0.2, 0.25) is 0 Å². The highest BCUT2D eigenvalue weighted by molar-refractivity contribution is 6.04. The third kappa shape index (κ3) is 4.96. The van der Waals surface area contributed by atoms with Gasteiger partial charge >= 0.3 is 0 Å². The Morgan fingerprint density at radius 3 is 2.65 bits per heavy atom. The summed E-state index contributed by atoms with van der Waals surface area (Å²) in [7, 11) is 0. The molecule has 1 fully saturated rings. The molecule has 2 N–H and O–H groups in total. The Bertz CT molecular complexity index is 749. The van der Waals surface area contributed by atoms with Gasteiger partial charge in [-0.1, -0.05) is 0 Å². The average molecular weight is 362 g/mol. The van der Waals surface area contributed by atoms with E-state index in [0.29, 0.717) is 11.4 Å². The van der Waals surface area contributed by atoms with Crippen LogP contribution >= 0.6 is 0 Å². The van der Waals surface area contributed by atoms with Crippen LogP contribution in [-0.2, 0) is 4.74 Å². The molecule has 1 amide bonds. The van der Waals surface area contributed by atoms with Crippen molar-refractivity contribution < 1.29 is 18.3 Å². The standard InChI is InChI=1S/C18H20F2N4O2/c19-15-3-2-14(11-16(15)20)23-18(25)13-1-4-17(22-12-13)21-5-6-24-7-9-26-10-8-24/h1-4,11-12H,5-10H2,(H,21,22)(H,23,25). The zero-order valence-corrected chi connectivity index (χ0v) is 14.2. The minimum Gasteiger partial charge on any atom is -0.379 e. The molecule has 1 aliphatic rings. The van der Waals surface area contributed by atoms with Gasteiger partial charge in [-0.3, -0.25) is 9.69 Å². The maximum Gasteiger partial charge on any atom is 0.257 e. The van der Waals surface area contributed by atoms with Crippen LogP contribution in [0.1, 0.15) is 10.4 Å². The van der Waals surface area contributed by atoms with Gasteiger partial charge in [-0.25, -0.2) is 13.8 Å². The summed E-state index contributed by atoms with van der Waals surface area (Å²) < 4.78 is 31.4. The predicted octanol–water partition coefficient (Wildman–Crippen LogP) is 2.36. The van der Waals surface area contributed by atoms with Gasteiger partial charge in [-0.2, -0.15) is 0 Å². The molecule has 0 unspecified atom stereocenters. The molecule has 8 heteroatoms. The van der Waals surface area contributed by atoms with E-state index in [1.807, 2.05) is 0 Å². The fourth-order valence-electron chi connectivity index (χ4n) is 2.58. The second kappa shape index (κ2) is 8.68. The number of nitrogens with one attached hydrogen (secondary N) is 2. The summed E-state index contributed by atoms with van der Waals surface area (Å²) in [4.78, 5) is 18.6. The van der Waals surface area contributed by atoms with Crippen molar-refractivity contribution in [1.82, 2.24) is 9.88 Å². The third-order valence-electron chi connectivity index (χ3n) is 4.04. The fraction of sp³-hybridized carbons (Fsp3) is 0.333. The number of hydrogen-bond acceptors (Lipinski definition) is 5. The van der Waals surface area contributed by atoms with Crippen LogP contribution in [-0.4, -0.2) is 55.2 Å². The number of halogens is 2. The number of hydrogen-bond donors (Lipinski definition) is 2. The lowest BCUT2D eigenvalue weighted by molar-refractivity contribution is 0.0398. The van der Waals surface area contributed by atoms with E-state index in [4.69, 9.17) is 4.74 Å². The number of carbonyl (C=O) groups excluding carboxylic acids is 1. The van der Waals surface area contributed by atoms with Gasteiger partial charge in [0, 0.05) is 44.1 Å². The number of amides is 1. The second-order valence-electron chi connectivity index (χ2n) is 5.90. The lowest BCUT2D eigenvalue weighted by atomic mass is 10.2. The van der Waals surface area contributed by atoms with Gasteiger partial charge in [0.1, 0.15) is 5.82 Å². The highest BCUT2D eigenvalue weighted by Gasteiger charge is 2.11. The maximum atomic E-state index is 13.2. The molecular formula is C18H20F2N4O2. The van der Waals surface area contributed by atoms with Crippen molar-refractivity contribution in [2.45, 2.75) is 0 Å². The summed E-state index contributed by atoms with van der Waals surface area (Å²) in [6.07, 6.45) is 1.44. The second-order valence-corrected chi connectivity index (χ2v) is 5.90. The first kappa shape index (κ1) is 18.2. The van der Waals surface area contributed by atoms with Crippen molar-refractivity contribution in [2.24, 2.45) is 0 Å². The zero-order valence-electron chi connectivity index (χ0n) is 14.2. The number of morpholine rings is 1.